The number of aryl methyl sites for hydroxylation is 3. The molecule has 0 saturated carbocycles. The summed E-state index contributed by atoms with van der Waals surface area (Å²) in [5.74, 6) is 0.635. The molecule has 0 atom stereocenters. The summed E-state index contributed by atoms with van der Waals surface area (Å²) in [6, 6.07) is 9.46. The van der Waals surface area contributed by atoms with Crippen molar-refractivity contribution in [1.82, 2.24) is 0 Å². The SMILES string of the molecule is Cc1ccc(-c2cc(C)c(O)c(C)c2)cc1O. The van der Waals surface area contributed by atoms with Crippen LogP contribution in [0.2, 0.25) is 0 Å². The second kappa shape index (κ2) is 4.13. The second-order valence-corrected chi connectivity index (χ2v) is 4.46. The maximum absolute atomic E-state index is 9.73. The zero-order chi connectivity index (χ0) is 12.6. The van der Waals surface area contributed by atoms with Crippen molar-refractivity contribution in [3.05, 3.63) is 47.0 Å². The van der Waals surface area contributed by atoms with Crippen LogP contribution in [0.1, 0.15) is 16.7 Å². The summed E-state index contributed by atoms with van der Waals surface area (Å²) in [7, 11) is 0. The number of hydrogen-bond donors (Lipinski definition) is 2. The largest absolute Gasteiger partial charge is 0.508 e. The van der Waals surface area contributed by atoms with Gasteiger partial charge in [-0.05, 0) is 66.8 Å². The predicted molar refractivity (Wildman–Crippen MR) is 69.4 cm³/mol. The van der Waals surface area contributed by atoms with E-state index in [0.29, 0.717) is 11.5 Å². The summed E-state index contributed by atoms with van der Waals surface area (Å²) in [5, 5.41) is 19.4. The van der Waals surface area contributed by atoms with Gasteiger partial charge in [0.15, 0.2) is 0 Å². The molecule has 0 spiro atoms. The molecule has 0 aliphatic carbocycles. The van der Waals surface area contributed by atoms with Gasteiger partial charge in [-0.3, -0.25) is 0 Å². The molecule has 2 nitrogen and oxygen atoms in total. The van der Waals surface area contributed by atoms with Crippen LogP contribution in [-0.2, 0) is 0 Å². The Morgan fingerprint density at radius 1 is 0.706 bits per heavy atom. The van der Waals surface area contributed by atoms with E-state index in [1.165, 1.54) is 0 Å². The lowest BCUT2D eigenvalue weighted by atomic mass is 9.99. The van der Waals surface area contributed by atoms with Crippen molar-refractivity contribution in [1.29, 1.82) is 0 Å². The van der Waals surface area contributed by atoms with E-state index >= 15 is 0 Å². The lowest BCUT2D eigenvalue weighted by Crippen LogP contribution is -1.85. The Bertz CT molecular complexity index is 548. The molecule has 0 amide bonds. The molecule has 2 heteroatoms. The zero-order valence-corrected chi connectivity index (χ0v) is 10.3. The van der Waals surface area contributed by atoms with Gasteiger partial charge in [0.1, 0.15) is 11.5 Å². The van der Waals surface area contributed by atoms with Crippen molar-refractivity contribution in [3.8, 4) is 22.6 Å². The van der Waals surface area contributed by atoms with Gasteiger partial charge >= 0.3 is 0 Å². The Labute approximate surface area is 101 Å². The first-order chi connectivity index (χ1) is 7.99. The fraction of sp³-hybridized carbons (Fsp3) is 0.200. The van der Waals surface area contributed by atoms with Gasteiger partial charge in [-0.15, -0.1) is 0 Å². The molecule has 0 unspecified atom stereocenters. The highest BCUT2D eigenvalue weighted by molar-refractivity contribution is 5.69. The quantitative estimate of drug-likeness (QED) is 0.781. The van der Waals surface area contributed by atoms with Crippen LogP contribution in [0.25, 0.3) is 11.1 Å². The summed E-state index contributed by atoms with van der Waals surface area (Å²) in [4.78, 5) is 0. The molecule has 0 aromatic heterocycles. The maximum atomic E-state index is 9.73. The molecule has 0 bridgehead atoms. The van der Waals surface area contributed by atoms with Crippen molar-refractivity contribution >= 4 is 0 Å². The Hall–Kier alpha value is -1.96. The van der Waals surface area contributed by atoms with Gasteiger partial charge in [0.25, 0.3) is 0 Å². The lowest BCUT2D eigenvalue weighted by Gasteiger charge is -2.09. The van der Waals surface area contributed by atoms with Gasteiger partial charge in [0, 0.05) is 0 Å². The van der Waals surface area contributed by atoms with Gasteiger partial charge < -0.3 is 10.2 Å². The first-order valence-electron chi connectivity index (χ1n) is 5.59. The molecule has 0 aliphatic rings. The molecule has 2 aromatic carbocycles. The average Bonchev–Trinajstić information content (AvgIpc) is 2.29. The fourth-order valence-electron chi connectivity index (χ4n) is 1.91. The monoisotopic (exact) mass is 228 g/mol. The normalized spacial score (nSPS) is 10.5. The molecular weight excluding hydrogens is 212 g/mol. The van der Waals surface area contributed by atoms with Gasteiger partial charge in [-0.1, -0.05) is 12.1 Å². The topological polar surface area (TPSA) is 40.5 Å². The summed E-state index contributed by atoms with van der Waals surface area (Å²) in [6.45, 7) is 5.62. The highest BCUT2D eigenvalue weighted by Crippen LogP contribution is 2.31. The van der Waals surface area contributed by atoms with Crippen LogP contribution in [-0.4, -0.2) is 10.2 Å². The minimum atomic E-state index is 0.297. The molecule has 2 N–H and O–H groups in total. The summed E-state index contributed by atoms with van der Waals surface area (Å²) in [5.41, 5.74) is 4.52. The summed E-state index contributed by atoms with van der Waals surface area (Å²) >= 11 is 0. The minimum Gasteiger partial charge on any atom is -0.508 e. The number of aromatic hydroxyl groups is 2. The third-order valence-corrected chi connectivity index (χ3v) is 3.03. The van der Waals surface area contributed by atoms with E-state index in [1.807, 2.05) is 45.0 Å². The Kier molecular flexibility index (Phi) is 2.80. The lowest BCUT2D eigenvalue weighted by molar-refractivity contribution is 0.467. The molecule has 0 radical (unpaired) electrons. The number of hydrogen-bond acceptors (Lipinski definition) is 2. The van der Waals surface area contributed by atoms with Crippen molar-refractivity contribution in [2.45, 2.75) is 20.8 Å². The average molecular weight is 228 g/mol. The first kappa shape index (κ1) is 11.5. The van der Waals surface area contributed by atoms with E-state index in [4.69, 9.17) is 0 Å². The van der Waals surface area contributed by atoms with Crippen molar-refractivity contribution in [2.75, 3.05) is 0 Å². The molecule has 0 aliphatic heterocycles. The summed E-state index contributed by atoms with van der Waals surface area (Å²) < 4.78 is 0. The van der Waals surface area contributed by atoms with E-state index in [1.54, 1.807) is 6.07 Å². The smallest absolute Gasteiger partial charge is 0.121 e. The third kappa shape index (κ3) is 2.11. The molecule has 2 aromatic rings. The van der Waals surface area contributed by atoms with E-state index in [-0.39, 0.29) is 0 Å². The number of phenols is 2. The molecule has 0 fully saturated rings. The van der Waals surface area contributed by atoms with Crippen LogP contribution in [0.4, 0.5) is 0 Å². The first-order valence-corrected chi connectivity index (χ1v) is 5.59. The maximum Gasteiger partial charge on any atom is 0.121 e. The van der Waals surface area contributed by atoms with Crippen molar-refractivity contribution in [2.24, 2.45) is 0 Å². The summed E-state index contributed by atoms with van der Waals surface area (Å²) in [6.07, 6.45) is 0. The van der Waals surface area contributed by atoms with Crippen LogP contribution < -0.4 is 0 Å². The second-order valence-electron chi connectivity index (χ2n) is 4.46. The third-order valence-electron chi connectivity index (χ3n) is 3.03. The van der Waals surface area contributed by atoms with E-state index in [9.17, 15) is 10.2 Å². The number of benzene rings is 2. The van der Waals surface area contributed by atoms with E-state index in [0.717, 1.165) is 27.8 Å². The zero-order valence-electron chi connectivity index (χ0n) is 10.3. The number of phenolic OH excluding ortho intramolecular Hbond substituents is 2. The van der Waals surface area contributed by atoms with Crippen LogP contribution in [0.3, 0.4) is 0 Å². The molecule has 88 valence electrons. The number of rotatable bonds is 1. The van der Waals surface area contributed by atoms with Gasteiger partial charge in [-0.2, -0.15) is 0 Å². The van der Waals surface area contributed by atoms with E-state index in [2.05, 4.69) is 0 Å². The van der Waals surface area contributed by atoms with Gasteiger partial charge in [0.2, 0.25) is 0 Å². The molecule has 0 heterocycles. The fourth-order valence-corrected chi connectivity index (χ4v) is 1.91. The highest BCUT2D eigenvalue weighted by atomic mass is 16.3. The van der Waals surface area contributed by atoms with Crippen molar-refractivity contribution < 1.29 is 10.2 Å². The Balaban J connectivity index is 2.57. The Morgan fingerprint density at radius 2 is 1.29 bits per heavy atom. The van der Waals surface area contributed by atoms with Crippen molar-refractivity contribution in [3.63, 3.8) is 0 Å². The van der Waals surface area contributed by atoms with Crippen LogP contribution in [0.15, 0.2) is 30.3 Å². The van der Waals surface area contributed by atoms with Crippen LogP contribution >= 0.6 is 0 Å². The molecule has 2 rings (SSSR count). The minimum absolute atomic E-state index is 0.297. The predicted octanol–water partition coefficient (Wildman–Crippen LogP) is 3.69. The van der Waals surface area contributed by atoms with Crippen LogP contribution in [0.5, 0.6) is 11.5 Å². The molecule has 0 saturated heterocycles. The van der Waals surface area contributed by atoms with Crippen LogP contribution in [0, 0.1) is 20.8 Å². The highest BCUT2D eigenvalue weighted by Gasteiger charge is 2.06. The molecular formula is C15H16O2. The Morgan fingerprint density at radius 3 is 1.82 bits per heavy atom. The van der Waals surface area contributed by atoms with E-state index < -0.39 is 0 Å². The standard InChI is InChI=1S/C15H16O2/c1-9-4-5-12(8-14(9)16)13-6-10(2)15(17)11(3)7-13/h4-8,16-17H,1-3H3. The van der Waals surface area contributed by atoms with Gasteiger partial charge in [-0.25, -0.2) is 0 Å². The molecule has 17 heavy (non-hydrogen) atoms. The van der Waals surface area contributed by atoms with Gasteiger partial charge in [0.05, 0.1) is 0 Å².